The number of hydrogen-bond acceptors (Lipinski definition) is 3. The van der Waals surface area contributed by atoms with Crippen LogP contribution in [0.1, 0.15) is 19.5 Å². The zero-order valence-corrected chi connectivity index (χ0v) is 8.83. The van der Waals surface area contributed by atoms with Gasteiger partial charge in [0.15, 0.2) is 5.52 Å². The molecule has 0 saturated carbocycles. The molecule has 0 fully saturated rings. The summed E-state index contributed by atoms with van der Waals surface area (Å²) in [7, 11) is 1.73. The third-order valence-electron chi connectivity index (χ3n) is 1.79. The van der Waals surface area contributed by atoms with Gasteiger partial charge in [0.1, 0.15) is 5.52 Å². The van der Waals surface area contributed by atoms with Gasteiger partial charge in [-0.15, -0.1) is 0 Å². The van der Waals surface area contributed by atoms with Crippen molar-refractivity contribution in [2.75, 3.05) is 0 Å². The van der Waals surface area contributed by atoms with Crippen LogP contribution in [0.25, 0.3) is 11.0 Å². The van der Waals surface area contributed by atoms with Crippen molar-refractivity contribution in [2.45, 2.75) is 20.8 Å². The average molecular weight is 194 g/mol. The molecular formula is C9H14N4O. The Bertz CT molecular complexity index is 483. The van der Waals surface area contributed by atoms with Gasteiger partial charge >= 0.3 is 0 Å². The fourth-order valence-corrected chi connectivity index (χ4v) is 1.28. The van der Waals surface area contributed by atoms with Crippen molar-refractivity contribution in [1.29, 1.82) is 0 Å². The molecule has 0 unspecified atom stereocenters. The molecule has 0 spiro atoms. The number of nitrogens with zero attached hydrogens (tertiary/aromatic N) is 3. The maximum atomic E-state index is 11.3. The lowest BCUT2D eigenvalue weighted by atomic mass is 10.4. The van der Waals surface area contributed by atoms with E-state index in [1.807, 2.05) is 20.8 Å². The highest BCUT2D eigenvalue weighted by atomic mass is 16.1. The van der Waals surface area contributed by atoms with Gasteiger partial charge in [-0.2, -0.15) is 5.10 Å². The zero-order chi connectivity index (χ0) is 10.7. The fraction of sp³-hybridized carbons (Fsp3) is 0.444. The summed E-state index contributed by atoms with van der Waals surface area (Å²) in [5, 5.41) is 4.09. The van der Waals surface area contributed by atoms with E-state index in [4.69, 9.17) is 0 Å². The topological polar surface area (TPSA) is 63.6 Å². The lowest BCUT2D eigenvalue weighted by Crippen LogP contribution is -2.09. The molecule has 5 nitrogen and oxygen atoms in total. The average Bonchev–Trinajstić information content (AvgIpc) is 2.47. The summed E-state index contributed by atoms with van der Waals surface area (Å²) >= 11 is 0. The molecule has 0 radical (unpaired) electrons. The minimum Gasteiger partial charge on any atom is -0.311 e. The summed E-state index contributed by atoms with van der Waals surface area (Å²) in [5.74, 6) is 0. The van der Waals surface area contributed by atoms with E-state index in [9.17, 15) is 4.79 Å². The summed E-state index contributed by atoms with van der Waals surface area (Å²) in [6.07, 6.45) is 1.39. The Hall–Kier alpha value is -1.65. The molecule has 2 aromatic rings. The van der Waals surface area contributed by atoms with Gasteiger partial charge < -0.3 is 4.98 Å². The van der Waals surface area contributed by atoms with Crippen LogP contribution in [0.4, 0.5) is 0 Å². The quantitative estimate of drug-likeness (QED) is 0.680. The smallest absolute Gasteiger partial charge is 0.276 e. The van der Waals surface area contributed by atoms with Crippen LogP contribution in [0.15, 0.2) is 11.1 Å². The number of hydrogen-bond donors (Lipinski definition) is 1. The monoisotopic (exact) mass is 194 g/mol. The van der Waals surface area contributed by atoms with E-state index in [1.165, 1.54) is 11.0 Å². The van der Waals surface area contributed by atoms with Crippen molar-refractivity contribution in [3.8, 4) is 0 Å². The van der Waals surface area contributed by atoms with E-state index in [2.05, 4.69) is 15.1 Å². The summed E-state index contributed by atoms with van der Waals surface area (Å²) < 4.78 is 1.54. The summed E-state index contributed by atoms with van der Waals surface area (Å²) in [6.45, 7) is 5.83. The first-order valence-electron chi connectivity index (χ1n) is 4.57. The van der Waals surface area contributed by atoms with Crippen molar-refractivity contribution in [3.63, 3.8) is 0 Å². The van der Waals surface area contributed by atoms with E-state index in [1.54, 1.807) is 7.05 Å². The number of H-pyrrole nitrogens is 1. The first-order valence-corrected chi connectivity index (χ1v) is 4.57. The van der Waals surface area contributed by atoms with Crippen molar-refractivity contribution < 1.29 is 0 Å². The molecule has 1 N–H and O–H groups in total. The molecule has 0 bridgehead atoms. The molecule has 76 valence electrons. The number of aromatic nitrogens is 4. The highest BCUT2D eigenvalue weighted by molar-refractivity contribution is 5.75. The van der Waals surface area contributed by atoms with Crippen LogP contribution < -0.4 is 5.56 Å². The molecule has 2 aromatic heterocycles. The van der Waals surface area contributed by atoms with Gasteiger partial charge in [-0.25, -0.2) is 4.98 Å². The van der Waals surface area contributed by atoms with Crippen LogP contribution in [-0.2, 0) is 7.05 Å². The zero-order valence-electron chi connectivity index (χ0n) is 8.83. The van der Waals surface area contributed by atoms with E-state index < -0.39 is 0 Å². The number of aryl methyl sites for hydroxylation is 2. The van der Waals surface area contributed by atoms with E-state index in [0.717, 1.165) is 5.69 Å². The Morgan fingerprint density at radius 1 is 1.43 bits per heavy atom. The van der Waals surface area contributed by atoms with Gasteiger partial charge in [-0.1, -0.05) is 13.8 Å². The Balaban J connectivity index is 0.000000461. The highest BCUT2D eigenvalue weighted by Gasteiger charge is 2.07. The largest absolute Gasteiger partial charge is 0.311 e. The standard InChI is InChI=1S/C7H8N4O.C2H6/c1-4-5-6(11(2)10-4)7(12)9-3-8-5;1-2/h3H,1-2H3,(H,8,9,12);1-2H3. The van der Waals surface area contributed by atoms with Gasteiger partial charge in [0.2, 0.25) is 0 Å². The Labute approximate surface area is 81.8 Å². The highest BCUT2D eigenvalue weighted by Crippen LogP contribution is 2.07. The normalized spacial score (nSPS) is 9.71. The Morgan fingerprint density at radius 2 is 2.07 bits per heavy atom. The van der Waals surface area contributed by atoms with E-state index >= 15 is 0 Å². The third-order valence-corrected chi connectivity index (χ3v) is 1.79. The Morgan fingerprint density at radius 3 is 2.64 bits per heavy atom. The Kier molecular flexibility index (Phi) is 3.01. The van der Waals surface area contributed by atoms with Crippen LogP contribution in [0.3, 0.4) is 0 Å². The van der Waals surface area contributed by atoms with Gasteiger partial charge in [0.05, 0.1) is 12.0 Å². The van der Waals surface area contributed by atoms with E-state index in [-0.39, 0.29) is 5.56 Å². The van der Waals surface area contributed by atoms with Crippen LogP contribution in [0.5, 0.6) is 0 Å². The molecule has 0 aliphatic heterocycles. The predicted octanol–water partition coefficient (Wildman–Crippen LogP) is 0.991. The minimum atomic E-state index is -0.150. The van der Waals surface area contributed by atoms with Crippen LogP contribution >= 0.6 is 0 Å². The minimum absolute atomic E-state index is 0.150. The molecular weight excluding hydrogens is 180 g/mol. The first kappa shape index (κ1) is 10.4. The molecule has 0 atom stereocenters. The van der Waals surface area contributed by atoms with Gasteiger partial charge in [-0.05, 0) is 6.92 Å². The lowest BCUT2D eigenvalue weighted by Gasteiger charge is -1.89. The number of aromatic amines is 1. The summed E-state index contributed by atoms with van der Waals surface area (Å²) in [5.41, 5.74) is 1.82. The SMILES string of the molecule is CC.Cc1nn(C)c2c(=O)[nH]cnc12. The molecule has 2 rings (SSSR count). The third kappa shape index (κ3) is 1.53. The van der Waals surface area contributed by atoms with Crippen molar-refractivity contribution in [2.24, 2.45) is 7.05 Å². The van der Waals surface area contributed by atoms with Gasteiger partial charge in [0, 0.05) is 7.05 Å². The number of fused-ring (bicyclic) bond motifs is 1. The van der Waals surface area contributed by atoms with Crippen LogP contribution in [0, 0.1) is 6.92 Å². The maximum absolute atomic E-state index is 11.3. The van der Waals surface area contributed by atoms with Crippen molar-refractivity contribution >= 4 is 11.0 Å². The van der Waals surface area contributed by atoms with Crippen molar-refractivity contribution in [1.82, 2.24) is 19.7 Å². The maximum Gasteiger partial charge on any atom is 0.276 e. The van der Waals surface area contributed by atoms with Gasteiger partial charge in [0.25, 0.3) is 5.56 Å². The summed E-state index contributed by atoms with van der Waals surface area (Å²) in [6, 6.07) is 0. The van der Waals surface area contributed by atoms with Crippen LogP contribution in [0.2, 0.25) is 0 Å². The molecule has 0 aromatic carbocycles. The lowest BCUT2D eigenvalue weighted by molar-refractivity contribution is 0.779. The van der Waals surface area contributed by atoms with Crippen LogP contribution in [-0.4, -0.2) is 19.7 Å². The molecule has 0 saturated heterocycles. The number of nitrogens with one attached hydrogen (secondary N) is 1. The summed E-state index contributed by atoms with van der Waals surface area (Å²) in [4.78, 5) is 17.8. The van der Waals surface area contributed by atoms with Crippen molar-refractivity contribution in [3.05, 3.63) is 22.4 Å². The van der Waals surface area contributed by atoms with Gasteiger partial charge in [-0.3, -0.25) is 9.48 Å². The molecule has 0 aliphatic rings. The molecule has 0 aliphatic carbocycles. The second-order valence-electron chi connectivity index (χ2n) is 2.64. The first-order chi connectivity index (χ1) is 6.70. The molecule has 0 amide bonds. The predicted molar refractivity (Wildman–Crippen MR) is 55.2 cm³/mol. The molecule has 14 heavy (non-hydrogen) atoms. The second-order valence-corrected chi connectivity index (χ2v) is 2.64. The molecule has 5 heteroatoms. The second kappa shape index (κ2) is 4.04. The number of rotatable bonds is 0. The van der Waals surface area contributed by atoms with E-state index in [0.29, 0.717) is 11.0 Å². The fourth-order valence-electron chi connectivity index (χ4n) is 1.28. The molecule has 2 heterocycles.